The molecule has 0 spiro atoms. The number of carbonyl (C=O) groups is 1. The lowest BCUT2D eigenvalue weighted by molar-refractivity contribution is 0.0998. The summed E-state index contributed by atoms with van der Waals surface area (Å²) in [5, 5.41) is 3.09. The molecule has 0 aliphatic heterocycles. The highest BCUT2D eigenvalue weighted by Gasteiger charge is 2.22. The molecule has 8 heteroatoms. The van der Waals surface area contributed by atoms with Crippen molar-refractivity contribution in [3.05, 3.63) is 80.3 Å². The number of rotatable bonds is 5. The molecule has 3 aromatic rings. The van der Waals surface area contributed by atoms with Gasteiger partial charge in [-0.25, -0.2) is 4.39 Å². The van der Waals surface area contributed by atoms with Gasteiger partial charge in [0, 0.05) is 13.1 Å². The molecule has 31 heavy (non-hydrogen) atoms. The SMILES string of the molecule is CC.Cc1ccc(Nc2c(C(N)=O)c(Oc3ccc(C)cc3Cl)cc(=O)n2C)c(F)c1. The van der Waals surface area contributed by atoms with E-state index in [1.54, 1.807) is 31.2 Å². The van der Waals surface area contributed by atoms with Crippen LogP contribution in [0.15, 0.2) is 47.3 Å². The number of aromatic nitrogens is 1. The van der Waals surface area contributed by atoms with Gasteiger partial charge in [0.05, 0.1) is 10.7 Å². The maximum atomic E-state index is 14.3. The van der Waals surface area contributed by atoms with Gasteiger partial charge in [-0.2, -0.15) is 0 Å². The normalized spacial score (nSPS) is 10.2. The number of pyridine rings is 1. The molecule has 2 aromatic carbocycles. The maximum Gasteiger partial charge on any atom is 0.256 e. The minimum atomic E-state index is -0.853. The minimum Gasteiger partial charge on any atom is -0.455 e. The zero-order valence-corrected chi connectivity index (χ0v) is 18.8. The molecule has 0 fully saturated rings. The molecule has 3 rings (SSSR count). The first-order valence-electron chi connectivity index (χ1n) is 9.68. The quantitative estimate of drug-likeness (QED) is 0.546. The number of halogens is 2. The molecule has 164 valence electrons. The zero-order valence-electron chi connectivity index (χ0n) is 18.0. The van der Waals surface area contributed by atoms with Crippen molar-refractivity contribution in [2.45, 2.75) is 27.7 Å². The van der Waals surface area contributed by atoms with Gasteiger partial charge in [0.1, 0.15) is 28.7 Å². The Morgan fingerprint density at radius 3 is 2.26 bits per heavy atom. The molecule has 0 atom stereocenters. The lowest BCUT2D eigenvalue weighted by Gasteiger charge is -2.18. The van der Waals surface area contributed by atoms with Crippen LogP contribution in [0.1, 0.15) is 35.3 Å². The first-order chi connectivity index (χ1) is 14.7. The summed E-state index contributed by atoms with van der Waals surface area (Å²) >= 11 is 6.20. The molecule has 0 unspecified atom stereocenters. The first kappa shape index (κ1) is 24.0. The maximum absolute atomic E-state index is 14.3. The zero-order chi connectivity index (χ0) is 23.3. The third kappa shape index (κ3) is 5.44. The number of nitrogens with one attached hydrogen (secondary N) is 1. The number of aryl methyl sites for hydroxylation is 2. The summed E-state index contributed by atoms with van der Waals surface area (Å²) in [6, 6.07) is 10.7. The molecule has 3 N–H and O–H groups in total. The van der Waals surface area contributed by atoms with Gasteiger partial charge in [-0.05, 0) is 49.2 Å². The fourth-order valence-corrected chi connectivity index (χ4v) is 3.07. The first-order valence-corrected chi connectivity index (χ1v) is 10.1. The Bertz CT molecular complexity index is 1180. The van der Waals surface area contributed by atoms with Gasteiger partial charge in [-0.15, -0.1) is 0 Å². The predicted molar refractivity (Wildman–Crippen MR) is 122 cm³/mol. The fraction of sp³-hybridized carbons (Fsp3) is 0.217. The Labute approximate surface area is 185 Å². The topological polar surface area (TPSA) is 86.3 Å². The van der Waals surface area contributed by atoms with E-state index in [-0.39, 0.29) is 28.6 Å². The van der Waals surface area contributed by atoms with E-state index in [0.717, 1.165) is 21.8 Å². The molecule has 0 saturated heterocycles. The van der Waals surface area contributed by atoms with Crippen molar-refractivity contribution in [3.8, 4) is 11.5 Å². The summed E-state index contributed by atoms with van der Waals surface area (Å²) in [6.07, 6.45) is 0. The molecule has 0 aliphatic rings. The van der Waals surface area contributed by atoms with Crippen molar-refractivity contribution in [1.29, 1.82) is 0 Å². The summed E-state index contributed by atoms with van der Waals surface area (Å²) < 4.78 is 21.2. The average Bonchev–Trinajstić information content (AvgIpc) is 2.71. The Hall–Kier alpha value is -3.32. The standard InChI is InChI=1S/C21H19ClFN3O3.C2H6/c1-11-5-7-16(13(22)8-11)29-17-10-18(27)26(3)21(19(17)20(24)28)25-15-6-4-12(2)9-14(15)23;1-2/h4-10,25H,1-3H3,(H2,24,28);1-2H3. The lowest BCUT2D eigenvalue weighted by Crippen LogP contribution is -2.25. The summed E-state index contributed by atoms with van der Waals surface area (Å²) in [4.78, 5) is 24.7. The Kier molecular flexibility index (Phi) is 7.83. The number of amides is 1. The Morgan fingerprint density at radius 1 is 1.06 bits per heavy atom. The van der Waals surface area contributed by atoms with Crippen molar-refractivity contribution in [2.24, 2.45) is 12.8 Å². The highest BCUT2D eigenvalue weighted by atomic mass is 35.5. The molecule has 0 saturated carbocycles. The van der Waals surface area contributed by atoms with Crippen LogP contribution in [0.2, 0.25) is 5.02 Å². The summed E-state index contributed by atoms with van der Waals surface area (Å²) in [5.41, 5.74) is 6.70. The molecular weight excluding hydrogens is 421 g/mol. The average molecular weight is 446 g/mol. The second-order valence-electron chi connectivity index (χ2n) is 6.64. The number of anilines is 2. The van der Waals surface area contributed by atoms with Crippen LogP contribution in [0.25, 0.3) is 0 Å². The lowest BCUT2D eigenvalue weighted by atomic mass is 10.1. The van der Waals surface area contributed by atoms with E-state index in [1.165, 1.54) is 19.2 Å². The second kappa shape index (κ2) is 10.1. The van der Waals surface area contributed by atoms with E-state index in [9.17, 15) is 14.0 Å². The van der Waals surface area contributed by atoms with E-state index in [1.807, 2.05) is 20.8 Å². The number of primary amides is 1. The van der Waals surface area contributed by atoms with Gasteiger partial charge in [-0.1, -0.05) is 37.6 Å². The third-order valence-corrected chi connectivity index (χ3v) is 4.63. The Morgan fingerprint density at radius 2 is 1.68 bits per heavy atom. The molecule has 0 aliphatic carbocycles. The number of benzene rings is 2. The van der Waals surface area contributed by atoms with Crippen LogP contribution >= 0.6 is 11.6 Å². The van der Waals surface area contributed by atoms with Crippen LogP contribution < -0.4 is 21.3 Å². The summed E-state index contributed by atoms with van der Waals surface area (Å²) in [7, 11) is 1.44. The van der Waals surface area contributed by atoms with Crippen LogP contribution in [0.5, 0.6) is 11.5 Å². The highest BCUT2D eigenvalue weighted by molar-refractivity contribution is 6.32. The Balaban J connectivity index is 0.00000166. The van der Waals surface area contributed by atoms with E-state index >= 15 is 0 Å². The van der Waals surface area contributed by atoms with Gasteiger partial charge < -0.3 is 15.8 Å². The molecular formula is C23H25ClFN3O3. The number of nitrogens with zero attached hydrogens (tertiary/aromatic N) is 1. The van der Waals surface area contributed by atoms with Gasteiger partial charge in [0.25, 0.3) is 11.5 Å². The molecule has 1 aromatic heterocycles. The van der Waals surface area contributed by atoms with Crippen molar-refractivity contribution in [3.63, 3.8) is 0 Å². The van der Waals surface area contributed by atoms with Crippen LogP contribution in [0.4, 0.5) is 15.9 Å². The van der Waals surface area contributed by atoms with E-state index in [4.69, 9.17) is 22.1 Å². The van der Waals surface area contributed by atoms with Gasteiger partial charge >= 0.3 is 0 Å². The number of nitrogens with two attached hydrogens (primary N) is 1. The fourth-order valence-electron chi connectivity index (χ4n) is 2.80. The van der Waals surface area contributed by atoms with Crippen LogP contribution in [0.3, 0.4) is 0 Å². The van der Waals surface area contributed by atoms with Crippen molar-refractivity contribution in [2.75, 3.05) is 5.32 Å². The van der Waals surface area contributed by atoms with E-state index in [2.05, 4.69) is 5.32 Å². The predicted octanol–water partition coefficient (Wildman–Crippen LogP) is 5.46. The second-order valence-corrected chi connectivity index (χ2v) is 7.05. The van der Waals surface area contributed by atoms with Crippen LogP contribution in [-0.2, 0) is 7.05 Å². The molecule has 1 amide bonds. The summed E-state index contributed by atoms with van der Waals surface area (Å²) in [6.45, 7) is 7.61. The van der Waals surface area contributed by atoms with Crippen molar-refractivity contribution in [1.82, 2.24) is 4.57 Å². The molecule has 0 bridgehead atoms. The smallest absolute Gasteiger partial charge is 0.256 e. The molecule has 1 heterocycles. The van der Waals surface area contributed by atoms with Crippen molar-refractivity contribution < 1.29 is 13.9 Å². The van der Waals surface area contributed by atoms with Gasteiger partial charge in [0.2, 0.25) is 0 Å². The van der Waals surface area contributed by atoms with Crippen molar-refractivity contribution >= 4 is 29.0 Å². The largest absolute Gasteiger partial charge is 0.455 e. The number of hydrogen-bond donors (Lipinski definition) is 2. The number of ether oxygens (including phenoxy) is 1. The van der Waals surface area contributed by atoms with E-state index < -0.39 is 17.3 Å². The van der Waals surface area contributed by atoms with Gasteiger partial charge in [0.15, 0.2) is 0 Å². The molecule has 0 radical (unpaired) electrons. The van der Waals surface area contributed by atoms with E-state index in [0.29, 0.717) is 5.02 Å². The highest BCUT2D eigenvalue weighted by Crippen LogP contribution is 2.34. The van der Waals surface area contributed by atoms with Gasteiger partial charge in [-0.3, -0.25) is 14.2 Å². The number of carbonyl (C=O) groups excluding carboxylic acids is 1. The monoisotopic (exact) mass is 445 g/mol. The summed E-state index contributed by atoms with van der Waals surface area (Å²) in [5.74, 6) is -1.22. The van der Waals surface area contributed by atoms with Crippen LogP contribution in [-0.4, -0.2) is 10.5 Å². The minimum absolute atomic E-state index is 0.00554. The molecule has 6 nitrogen and oxygen atoms in total. The number of hydrogen-bond acceptors (Lipinski definition) is 4. The third-order valence-electron chi connectivity index (χ3n) is 4.34. The van der Waals surface area contributed by atoms with Crippen LogP contribution in [0, 0.1) is 19.7 Å².